The van der Waals surface area contributed by atoms with Gasteiger partial charge in [0.15, 0.2) is 0 Å². The van der Waals surface area contributed by atoms with Crippen LogP contribution in [0.5, 0.6) is 0 Å². The Kier molecular flexibility index (Phi) is 5.36. The van der Waals surface area contributed by atoms with Crippen molar-refractivity contribution < 1.29 is 9.18 Å². The van der Waals surface area contributed by atoms with E-state index in [1.165, 1.54) is 31.4 Å². The van der Waals surface area contributed by atoms with Crippen molar-refractivity contribution in [1.29, 1.82) is 0 Å². The highest BCUT2D eigenvalue weighted by Gasteiger charge is 2.26. The van der Waals surface area contributed by atoms with Crippen LogP contribution in [0, 0.1) is 5.82 Å². The molecule has 1 aliphatic rings. The van der Waals surface area contributed by atoms with Crippen molar-refractivity contribution in [2.45, 2.75) is 44.2 Å². The average Bonchev–Trinajstić information content (AvgIpc) is 3.06. The molecular formula is C19H25FN4O. The Hall–Kier alpha value is -2.37. The van der Waals surface area contributed by atoms with Crippen molar-refractivity contribution >= 4 is 6.03 Å². The molecule has 6 heteroatoms. The molecule has 25 heavy (non-hydrogen) atoms. The highest BCUT2D eigenvalue weighted by atomic mass is 19.1. The quantitative estimate of drug-likeness (QED) is 0.921. The van der Waals surface area contributed by atoms with Crippen LogP contribution in [-0.4, -0.2) is 33.6 Å². The van der Waals surface area contributed by atoms with Crippen LogP contribution < -0.4 is 5.32 Å². The molecule has 1 aromatic heterocycles. The molecule has 2 aromatic rings. The lowest BCUT2D eigenvalue weighted by Crippen LogP contribution is -2.46. The fraction of sp³-hybridized carbons (Fsp3) is 0.474. The van der Waals surface area contributed by atoms with Gasteiger partial charge in [-0.1, -0.05) is 31.4 Å². The van der Waals surface area contributed by atoms with E-state index in [1.807, 2.05) is 24.9 Å². The molecule has 5 nitrogen and oxygen atoms in total. The zero-order valence-corrected chi connectivity index (χ0v) is 14.8. The number of hydrogen-bond donors (Lipinski definition) is 1. The summed E-state index contributed by atoms with van der Waals surface area (Å²) in [5.41, 5.74) is 0.807. The number of aryl methyl sites for hydroxylation is 1. The maximum absolute atomic E-state index is 13.3. The smallest absolute Gasteiger partial charge is 0.318 e. The minimum atomic E-state index is -0.417. The largest absolute Gasteiger partial charge is 0.336 e. The molecule has 0 saturated heterocycles. The van der Waals surface area contributed by atoms with Crippen molar-refractivity contribution in [1.82, 2.24) is 19.8 Å². The van der Waals surface area contributed by atoms with Gasteiger partial charge in [-0.3, -0.25) is 0 Å². The van der Waals surface area contributed by atoms with Crippen molar-refractivity contribution in [3.05, 3.63) is 53.9 Å². The Morgan fingerprint density at radius 1 is 1.28 bits per heavy atom. The molecule has 1 fully saturated rings. The number of nitrogens with zero attached hydrogens (tertiary/aromatic N) is 3. The zero-order chi connectivity index (χ0) is 17.8. The number of aromatic nitrogens is 2. The second-order valence-corrected chi connectivity index (χ2v) is 6.73. The third-order valence-electron chi connectivity index (χ3n) is 5.03. The molecule has 1 N–H and O–H groups in total. The van der Waals surface area contributed by atoms with Gasteiger partial charge in [0.2, 0.25) is 0 Å². The van der Waals surface area contributed by atoms with E-state index in [4.69, 9.17) is 0 Å². The van der Waals surface area contributed by atoms with Gasteiger partial charge in [0.1, 0.15) is 17.7 Å². The molecule has 0 aliphatic heterocycles. The van der Waals surface area contributed by atoms with E-state index in [2.05, 4.69) is 10.3 Å². The van der Waals surface area contributed by atoms with Crippen molar-refractivity contribution in [2.24, 2.45) is 7.05 Å². The summed E-state index contributed by atoms with van der Waals surface area (Å²) >= 11 is 0. The van der Waals surface area contributed by atoms with Crippen LogP contribution in [0.2, 0.25) is 0 Å². The van der Waals surface area contributed by atoms with E-state index in [0.29, 0.717) is 0 Å². The Labute approximate surface area is 147 Å². The van der Waals surface area contributed by atoms with Crippen LogP contribution in [0.1, 0.15) is 49.5 Å². The lowest BCUT2D eigenvalue weighted by atomic mass is 9.95. The molecule has 0 spiro atoms. The van der Waals surface area contributed by atoms with Gasteiger partial charge in [-0.05, 0) is 30.5 Å². The fourth-order valence-corrected chi connectivity index (χ4v) is 3.47. The molecular weight excluding hydrogens is 319 g/mol. The summed E-state index contributed by atoms with van der Waals surface area (Å²) in [4.78, 5) is 19.0. The molecule has 3 rings (SSSR count). The zero-order valence-electron chi connectivity index (χ0n) is 14.8. The fourth-order valence-electron chi connectivity index (χ4n) is 3.47. The van der Waals surface area contributed by atoms with Gasteiger partial charge in [-0.15, -0.1) is 0 Å². The number of carbonyl (C=O) groups is 1. The Morgan fingerprint density at radius 2 is 1.96 bits per heavy atom. The van der Waals surface area contributed by atoms with Crippen LogP contribution in [0.3, 0.4) is 0 Å². The van der Waals surface area contributed by atoms with E-state index in [1.54, 1.807) is 23.2 Å². The summed E-state index contributed by atoms with van der Waals surface area (Å²) in [5.74, 6) is 0.421. The lowest BCUT2D eigenvalue weighted by molar-refractivity contribution is 0.171. The van der Waals surface area contributed by atoms with Gasteiger partial charge in [0.05, 0.1) is 0 Å². The number of nitrogens with one attached hydrogen (secondary N) is 1. The summed E-state index contributed by atoms with van der Waals surface area (Å²) in [6.07, 6.45) is 9.22. The standard InChI is InChI=1S/C19H25FN4O/c1-23-13-12-21-18(23)17(14-8-10-15(20)11-9-14)22-19(25)24(2)16-6-4-3-5-7-16/h8-13,16-17H,3-7H2,1-2H3,(H,22,25). The van der Waals surface area contributed by atoms with E-state index >= 15 is 0 Å². The van der Waals surface area contributed by atoms with Gasteiger partial charge in [0.25, 0.3) is 0 Å². The highest BCUT2D eigenvalue weighted by Crippen LogP contribution is 2.24. The number of benzene rings is 1. The maximum atomic E-state index is 13.3. The number of urea groups is 1. The van der Waals surface area contributed by atoms with E-state index in [-0.39, 0.29) is 17.9 Å². The number of rotatable bonds is 4. The molecule has 0 bridgehead atoms. The van der Waals surface area contributed by atoms with Crippen LogP contribution in [0.15, 0.2) is 36.7 Å². The summed E-state index contributed by atoms with van der Waals surface area (Å²) < 4.78 is 15.2. The summed E-state index contributed by atoms with van der Waals surface area (Å²) in [6, 6.07) is 5.93. The monoisotopic (exact) mass is 344 g/mol. The first-order chi connectivity index (χ1) is 12.1. The van der Waals surface area contributed by atoms with Gasteiger partial charge in [-0.2, -0.15) is 0 Å². The predicted octanol–water partition coefficient (Wildman–Crippen LogP) is 3.62. The van der Waals surface area contributed by atoms with Gasteiger partial charge < -0.3 is 14.8 Å². The van der Waals surface area contributed by atoms with Gasteiger partial charge in [0, 0.05) is 32.5 Å². The van der Waals surface area contributed by atoms with Crippen LogP contribution in [-0.2, 0) is 7.05 Å². The number of hydrogen-bond acceptors (Lipinski definition) is 2. The van der Waals surface area contributed by atoms with Crippen molar-refractivity contribution in [3.8, 4) is 0 Å². The predicted molar refractivity (Wildman–Crippen MR) is 94.6 cm³/mol. The van der Waals surface area contributed by atoms with Crippen molar-refractivity contribution in [3.63, 3.8) is 0 Å². The minimum Gasteiger partial charge on any atom is -0.336 e. The highest BCUT2D eigenvalue weighted by molar-refractivity contribution is 5.75. The first-order valence-corrected chi connectivity index (χ1v) is 8.82. The van der Waals surface area contributed by atoms with E-state index in [9.17, 15) is 9.18 Å². The average molecular weight is 344 g/mol. The van der Waals surface area contributed by atoms with Gasteiger partial charge in [-0.25, -0.2) is 14.2 Å². The topological polar surface area (TPSA) is 50.2 Å². The van der Waals surface area contributed by atoms with Gasteiger partial charge >= 0.3 is 6.03 Å². The normalized spacial score (nSPS) is 16.4. The van der Waals surface area contributed by atoms with Crippen LogP contribution in [0.25, 0.3) is 0 Å². The first-order valence-electron chi connectivity index (χ1n) is 8.82. The third kappa shape index (κ3) is 4.00. The van der Waals surface area contributed by atoms with Crippen LogP contribution >= 0.6 is 0 Å². The molecule has 1 saturated carbocycles. The molecule has 1 aromatic carbocycles. The maximum Gasteiger partial charge on any atom is 0.318 e. The van der Waals surface area contributed by atoms with E-state index in [0.717, 1.165) is 24.2 Å². The minimum absolute atomic E-state index is 0.121. The molecule has 2 amide bonds. The summed E-state index contributed by atoms with van der Waals surface area (Å²) in [6.45, 7) is 0. The lowest BCUT2D eigenvalue weighted by Gasteiger charge is -2.32. The second-order valence-electron chi connectivity index (χ2n) is 6.73. The molecule has 1 atom stereocenters. The molecule has 1 heterocycles. The first kappa shape index (κ1) is 17.5. The Morgan fingerprint density at radius 3 is 2.56 bits per heavy atom. The number of imidazole rings is 1. The SMILES string of the molecule is CN(C(=O)NC(c1ccc(F)cc1)c1nccn1C)C1CCCCC1. The summed E-state index contributed by atoms with van der Waals surface area (Å²) in [5, 5.41) is 3.07. The molecule has 134 valence electrons. The Bertz CT molecular complexity index is 706. The van der Waals surface area contributed by atoms with E-state index < -0.39 is 6.04 Å². The number of amides is 2. The molecule has 0 radical (unpaired) electrons. The van der Waals surface area contributed by atoms with Crippen molar-refractivity contribution in [2.75, 3.05) is 7.05 Å². The third-order valence-corrected chi connectivity index (χ3v) is 5.03. The number of carbonyl (C=O) groups excluding carboxylic acids is 1. The summed E-state index contributed by atoms with van der Waals surface area (Å²) in [7, 11) is 3.74. The molecule has 1 unspecified atom stereocenters. The number of halogens is 1. The Balaban J connectivity index is 1.81. The second kappa shape index (κ2) is 7.68. The molecule has 1 aliphatic carbocycles. The van der Waals surface area contributed by atoms with Crippen LogP contribution in [0.4, 0.5) is 9.18 Å².